The predicted octanol–water partition coefficient (Wildman–Crippen LogP) is 2.21. The summed E-state index contributed by atoms with van der Waals surface area (Å²) in [5.74, 6) is 2.51. The van der Waals surface area contributed by atoms with E-state index in [-0.39, 0.29) is 17.9 Å². The van der Waals surface area contributed by atoms with Gasteiger partial charge in [-0.25, -0.2) is 0 Å². The molecule has 10 nitrogen and oxygen atoms in total. The summed E-state index contributed by atoms with van der Waals surface area (Å²) in [6.45, 7) is 4.34. The monoisotopic (exact) mass is 453 g/mol. The number of carbonyl (C=O) groups excluding carboxylic acids is 2. The minimum atomic E-state index is -0.0237. The van der Waals surface area contributed by atoms with Crippen LogP contribution < -0.4 is 10.6 Å². The fraction of sp³-hybridized carbons (Fsp3) is 0.522. The van der Waals surface area contributed by atoms with Crippen molar-refractivity contribution in [3.8, 4) is 0 Å². The molecule has 176 valence electrons. The Hall–Kier alpha value is -3.43. The minimum Gasteiger partial charge on any atom is -0.469 e. The van der Waals surface area contributed by atoms with E-state index in [2.05, 4.69) is 25.9 Å². The first-order valence-corrected chi connectivity index (χ1v) is 11.6. The lowest BCUT2D eigenvalue weighted by molar-refractivity contribution is -0.127. The van der Waals surface area contributed by atoms with Gasteiger partial charge in [-0.2, -0.15) is 4.52 Å². The average Bonchev–Trinajstić information content (AvgIpc) is 3.55. The number of likely N-dealkylation sites (tertiary alicyclic amines) is 1. The highest BCUT2D eigenvalue weighted by atomic mass is 16.3. The van der Waals surface area contributed by atoms with Gasteiger partial charge in [-0.1, -0.05) is 0 Å². The van der Waals surface area contributed by atoms with Crippen LogP contribution >= 0.6 is 0 Å². The van der Waals surface area contributed by atoms with Gasteiger partial charge in [-0.15, -0.1) is 15.3 Å². The zero-order chi connectivity index (χ0) is 23.0. The number of anilines is 1. The number of rotatable bonds is 12. The van der Waals surface area contributed by atoms with Crippen LogP contribution in [0.1, 0.15) is 50.6 Å². The first-order valence-electron chi connectivity index (χ1n) is 11.6. The molecule has 1 atom stereocenters. The molecule has 0 aromatic carbocycles. The van der Waals surface area contributed by atoms with Crippen LogP contribution in [0.25, 0.3) is 5.65 Å². The molecule has 0 radical (unpaired) electrons. The van der Waals surface area contributed by atoms with Crippen molar-refractivity contribution in [3.63, 3.8) is 0 Å². The van der Waals surface area contributed by atoms with E-state index in [4.69, 9.17) is 4.42 Å². The molecule has 0 spiro atoms. The maximum absolute atomic E-state index is 12.4. The summed E-state index contributed by atoms with van der Waals surface area (Å²) in [4.78, 5) is 26.0. The molecule has 0 bridgehead atoms. The Labute approximate surface area is 192 Å². The number of carbonyl (C=O) groups is 2. The van der Waals surface area contributed by atoms with E-state index in [0.29, 0.717) is 36.6 Å². The Morgan fingerprint density at radius 3 is 2.94 bits per heavy atom. The molecule has 3 aromatic heterocycles. The highest BCUT2D eigenvalue weighted by Crippen LogP contribution is 2.11. The molecular weight excluding hydrogens is 422 g/mol. The van der Waals surface area contributed by atoms with Crippen LogP contribution in [-0.2, 0) is 22.4 Å². The fourth-order valence-electron chi connectivity index (χ4n) is 3.97. The molecule has 0 saturated carbocycles. The third-order valence-corrected chi connectivity index (χ3v) is 5.80. The maximum atomic E-state index is 12.4. The molecular formula is C23H31N7O3. The molecule has 1 saturated heterocycles. The van der Waals surface area contributed by atoms with E-state index in [0.717, 1.165) is 51.1 Å². The number of nitrogens with zero attached hydrogens (tertiary/aromatic N) is 5. The summed E-state index contributed by atoms with van der Waals surface area (Å²) in [5.41, 5.74) is 0.644. The van der Waals surface area contributed by atoms with Gasteiger partial charge in [0.05, 0.1) is 6.26 Å². The van der Waals surface area contributed by atoms with E-state index in [9.17, 15) is 9.59 Å². The van der Waals surface area contributed by atoms with Gasteiger partial charge < -0.3 is 20.0 Å². The van der Waals surface area contributed by atoms with Crippen molar-refractivity contribution in [2.24, 2.45) is 0 Å². The van der Waals surface area contributed by atoms with E-state index in [1.54, 1.807) is 10.8 Å². The molecule has 3 aromatic rings. The van der Waals surface area contributed by atoms with E-state index >= 15 is 0 Å². The standard InChI is InChI=1S/C23H31N7O3/c1-17(7-8-18-5-3-16-33-18)25-22(31)12-11-21-27-26-20-10-9-19(28-30(20)21)24-13-4-15-29-14-2-6-23(29)32/h3,5,9-10,16-17H,2,4,6-8,11-15H2,1H3,(H,24,28)(H,25,31)/t17-/m1/s1. The number of furan rings is 1. The first kappa shape index (κ1) is 22.8. The Morgan fingerprint density at radius 2 is 2.15 bits per heavy atom. The molecule has 0 unspecified atom stereocenters. The van der Waals surface area contributed by atoms with E-state index in [1.165, 1.54) is 0 Å². The minimum absolute atomic E-state index is 0.0237. The zero-order valence-electron chi connectivity index (χ0n) is 19.0. The molecule has 1 aliphatic heterocycles. The number of hydrogen-bond donors (Lipinski definition) is 2. The number of hydrogen-bond acceptors (Lipinski definition) is 7. The quantitative estimate of drug-likeness (QED) is 0.404. The molecule has 4 heterocycles. The summed E-state index contributed by atoms with van der Waals surface area (Å²) >= 11 is 0. The van der Waals surface area contributed by atoms with Gasteiger partial charge in [0.15, 0.2) is 11.5 Å². The van der Waals surface area contributed by atoms with Gasteiger partial charge in [0.1, 0.15) is 11.6 Å². The number of aromatic nitrogens is 4. The molecule has 1 fully saturated rings. The van der Waals surface area contributed by atoms with Crippen LogP contribution in [-0.4, -0.2) is 62.2 Å². The van der Waals surface area contributed by atoms with E-state index < -0.39 is 0 Å². The van der Waals surface area contributed by atoms with Gasteiger partial charge in [-0.05, 0) is 50.5 Å². The van der Waals surface area contributed by atoms with Crippen LogP contribution in [0, 0.1) is 0 Å². The number of fused-ring (bicyclic) bond motifs is 1. The third kappa shape index (κ3) is 6.30. The summed E-state index contributed by atoms with van der Waals surface area (Å²) in [6, 6.07) is 7.58. The van der Waals surface area contributed by atoms with Crippen LogP contribution in [0.4, 0.5) is 5.82 Å². The largest absolute Gasteiger partial charge is 0.469 e. The van der Waals surface area contributed by atoms with Crippen LogP contribution in [0.2, 0.25) is 0 Å². The van der Waals surface area contributed by atoms with Crippen LogP contribution in [0.15, 0.2) is 34.9 Å². The Kier molecular flexibility index (Phi) is 7.54. The number of aryl methyl sites for hydroxylation is 2. The Morgan fingerprint density at radius 1 is 1.24 bits per heavy atom. The molecule has 4 rings (SSSR count). The molecule has 2 amide bonds. The Bertz CT molecular complexity index is 1060. The maximum Gasteiger partial charge on any atom is 0.222 e. The zero-order valence-corrected chi connectivity index (χ0v) is 19.0. The van der Waals surface area contributed by atoms with Crippen molar-refractivity contribution in [3.05, 3.63) is 42.1 Å². The van der Waals surface area contributed by atoms with Gasteiger partial charge in [0, 0.05) is 51.4 Å². The van der Waals surface area contributed by atoms with Crippen molar-refractivity contribution in [1.82, 2.24) is 30.0 Å². The lowest BCUT2D eigenvalue weighted by Crippen LogP contribution is -2.33. The smallest absolute Gasteiger partial charge is 0.222 e. The van der Waals surface area contributed by atoms with Crippen molar-refractivity contribution in [2.75, 3.05) is 25.0 Å². The van der Waals surface area contributed by atoms with Crippen LogP contribution in [0.5, 0.6) is 0 Å². The lowest BCUT2D eigenvalue weighted by atomic mass is 10.1. The normalized spacial score (nSPS) is 14.7. The molecule has 1 aliphatic rings. The predicted molar refractivity (Wildman–Crippen MR) is 123 cm³/mol. The molecule has 0 aliphatic carbocycles. The third-order valence-electron chi connectivity index (χ3n) is 5.80. The average molecular weight is 454 g/mol. The van der Waals surface area contributed by atoms with E-state index in [1.807, 2.05) is 36.1 Å². The second kappa shape index (κ2) is 10.9. The highest BCUT2D eigenvalue weighted by Gasteiger charge is 2.19. The van der Waals surface area contributed by atoms with Gasteiger partial charge in [0.2, 0.25) is 11.8 Å². The van der Waals surface area contributed by atoms with Gasteiger partial charge in [0.25, 0.3) is 0 Å². The second-order valence-corrected chi connectivity index (χ2v) is 8.46. The first-order chi connectivity index (χ1) is 16.1. The van der Waals surface area contributed by atoms with Crippen molar-refractivity contribution in [1.29, 1.82) is 0 Å². The molecule has 2 N–H and O–H groups in total. The van der Waals surface area contributed by atoms with Crippen molar-refractivity contribution >= 4 is 23.3 Å². The summed E-state index contributed by atoms with van der Waals surface area (Å²) in [7, 11) is 0. The SMILES string of the molecule is C[C@H](CCc1ccco1)NC(=O)CCc1nnc2ccc(NCCCN3CCCC3=O)nn12. The van der Waals surface area contributed by atoms with Crippen molar-refractivity contribution < 1.29 is 14.0 Å². The van der Waals surface area contributed by atoms with Gasteiger partial charge >= 0.3 is 0 Å². The number of nitrogens with one attached hydrogen (secondary N) is 2. The summed E-state index contributed by atoms with van der Waals surface area (Å²) < 4.78 is 7.02. The van der Waals surface area contributed by atoms with Gasteiger partial charge in [-0.3, -0.25) is 9.59 Å². The fourth-order valence-corrected chi connectivity index (χ4v) is 3.97. The second-order valence-electron chi connectivity index (χ2n) is 8.46. The number of amides is 2. The molecule has 33 heavy (non-hydrogen) atoms. The highest BCUT2D eigenvalue weighted by molar-refractivity contribution is 5.78. The lowest BCUT2D eigenvalue weighted by Gasteiger charge is -2.15. The van der Waals surface area contributed by atoms with Crippen molar-refractivity contribution in [2.45, 2.75) is 57.9 Å². The Balaban J connectivity index is 1.22. The summed E-state index contributed by atoms with van der Waals surface area (Å²) in [5, 5.41) is 19.2. The molecule has 10 heteroatoms. The topological polar surface area (TPSA) is 118 Å². The summed E-state index contributed by atoms with van der Waals surface area (Å²) in [6.07, 6.45) is 6.52. The van der Waals surface area contributed by atoms with Crippen LogP contribution in [0.3, 0.4) is 0 Å².